The minimum absolute atomic E-state index is 0.112. The van der Waals surface area contributed by atoms with Crippen LogP contribution in [0.5, 0.6) is 5.75 Å². The van der Waals surface area contributed by atoms with Gasteiger partial charge in [-0.3, -0.25) is 9.36 Å². The standard InChI is InChI=1S/C24H24N4O3S2/c1-30-14-13-25-23(29)20-7-4-3-6-17(20)16-33-24-27-26-22(21-8-5-15-32-21)28(24)18-9-11-19(31-2)12-10-18/h3-12,15H,13-14,16H2,1-2H3,(H,25,29). The van der Waals surface area contributed by atoms with E-state index in [0.717, 1.165) is 32.9 Å². The molecule has 1 N–H and O–H groups in total. The molecule has 1 amide bonds. The van der Waals surface area contributed by atoms with Gasteiger partial charge in [0.2, 0.25) is 0 Å². The molecule has 7 nitrogen and oxygen atoms in total. The van der Waals surface area contributed by atoms with E-state index in [2.05, 4.69) is 15.5 Å². The van der Waals surface area contributed by atoms with Crippen molar-refractivity contribution in [3.05, 3.63) is 77.2 Å². The molecule has 0 radical (unpaired) electrons. The van der Waals surface area contributed by atoms with Gasteiger partial charge < -0.3 is 14.8 Å². The Kier molecular flexibility index (Phi) is 7.77. The predicted octanol–water partition coefficient (Wildman–Crippen LogP) is 4.67. The van der Waals surface area contributed by atoms with E-state index in [9.17, 15) is 4.79 Å². The van der Waals surface area contributed by atoms with Crippen LogP contribution in [-0.2, 0) is 10.5 Å². The summed E-state index contributed by atoms with van der Waals surface area (Å²) in [5.41, 5.74) is 2.52. The Labute approximate surface area is 200 Å². The molecule has 0 aliphatic carbocycles. The molecule has 9 heteroatoms. The van der Waals surface area contributed by atoms with E-state index in [1.165, 1.54) is 0 Å². The first-order valence-electron chi connectivity index (χ1n) is 10.3. The van der Waals surface area contributed by atoms with Crippen molar-refractivity contribution in [1.29, 1.82) is 0 Å². The number of methoxy groups -OCH3 is 2. The van der Waals surface area contributed by atoms with Crippen molar-refractivity contribution in [3.63, 3.8) is 0 Å². The third kappa shape index (κ3) is 5.44. The molecule has 0 atom stereocenters. The third-order valence-electron chi connectivity index (χ3n) is 4.92. The average Bonchev–Trinajstić information content (AvgIpc) is 3.53. The number of ether oxygens (including phenoxy) is 2. The summed E-state index contributed by atoms with van der Waals surface area (Å²) in [7, 11) is 3.26. The van der Waals surface area contributed by atoms with E-state index in [4.69, 9.17) is 9.47 Å². The number of rotatable bonds is 10. The highest BCUT2D eigenvalue weighted by molar-refractivity contribution is 7.98. The van der Waals surface area contributed by atoms with E-state index < -0.39 is 0 Å². The molecule has 0 aliphatic heterocycles. The Hall–Kier alpha value is -3.14. The van der Waals surface area contributed by atoms with Crippen LogP contribution in [0.25, 0.3) is 16.4 Å². The summed E-state index contributed by atoms with van der Waals surface area (Å²) in [5, 5.41) is 14.6. The zero-order chi connectivity index (χ0) is 23.0. The number of nitrogens with zero attached hydrogens (tertiary/aromatic N) is 3. The molecule has 0 aliphatic rings. The van der Waals surface area contributed by atoms with Gasteiger partial charge in [-0.05, 0) is 47.3 Å². The quantitative estimate of drug-likeness (QED) is 0.262. The number of hydrogen-bond acceptors (Lipinski definition) is 7. The topological polar surface area (TPSA) is 78.3 Å². The van der Waals surface area contributed by atoms with Crippen LogP contribution in [0.2, 0.25) is 0 Å². The number of nitrogens with one attached hydrogen (secondary N) is 1. The lowest BCUT2D eigenvalue weighted by atomic mass is 10.1. The molecule has 2 aromatic heterocycles. The van der Waals surface area contributed by atoms with Gasteiger partial charge in [0, 0.05) is 25.0 Å². The molecule has 2 aromatic carbocycles. The summed E-state index contributed by atoms with van der Waals surface area (Å²) < 4.78 is 12.4. The van der Waals surface area contributed by atoms with E-state index in [1.807, 2.05) is 70.6 Å². The lowest BCUT2D eigenvalue weighted by molar-refractivity contribution is 0.0936. The maximum absolute atomic E-state index is 12.6. The number of thiophene rings is 1. The molecule has 0 saturated heterocycles. The molecule has 4 rings (SSSR count). The van der Waals surface area contributed by atoms with Crippen molar-refractivity contribution >= 4 is 29.0 Å². The van der Waals surface area contributed by atoms with E-state index in [1.54, 1.807) is 37.3 Å². The molecule has 170 valence electrons. The first-order valence-corrected chi connectivity index (χ1v) is 12.2. The van der Waals surface area contributed by atoms with Crippen LogP contribution in [0.4, 0.5) is 0 Å². The summed E-state index contributed by atoms with van der Waals surface area (Å²) in [5.74, 6) is 2.03. The normalized spacial score (nSPS) is 10.8. The molecule has 0 saturated carbocycles. The number of benzene rings is 2. The molecule has 0 unspecified atom stereocenters. The van der Waals surface area contributed by atoms with Crippen LogP contribution < -0.4 is 10.1 Å². The Morgan fingerprint density at radius 2 is 1.88 bits per heavy atom. The van der Waals surface area contributed by atoms with Crippen LogP contribution in [-0.4, -0.2) is 48.0 Å². The number of hydrogen-bond donors (Lipinski definition) is 1. The summed E-state index contributed by atoms with van der Waals surface area (Å²) in [4.78, 5) is 13.7. The Morgan fingerprint density at radius 1 is 1.06 bits per heavy atom. The molecule has 0 spiro atoms. The van der Waals surface area contributed by atoms with Gasteiger partial charge in [-0.1, -0.05) is 36.0 Å². The predicted molar refractivity (Wildman–Crippen MR) is 131 cm³/mol. The molecule has 0 bridgehead atoms. The first kappa shape index (κ1) is 23.0. The van der Waals surface area contributed by atoms with Gasteiger partial charge in [0.1, 0.15) is 5.75 Å². The van der Waals surface area contributed by atoms with Gasteiger partial charge in [-0.2, -0.15) is 0 Å². The van der Waals surface area contributed by atoms with Crippen LogP contribution in [0.1, 0.15) is 15.9 Å². The van der Waals surface area contributed by atoms with Crippen molar-refractivity contribution in [2.24, 2.45) is 0 Å². The van der Waals surface area contributed by atoms with Crippen LogP contribution in [0.3, 0.4) is 0 Å². The largest absolute Gasteiger partial charge is 0.497 e. The number of aromatic nitrogens is 3. The number of carbonyl (C=O) groups is 1. The minimum atomic E-state index is -0.112. The highest BCUT2D eigenvalue weighted by Crippen LogP contribution is 2.32. The zero-order valence-corrected chi connectivity index (χ0v) is 20.0. The maximum atomic E-state index is 12.6. The van der Waals surface area contributed by atoms with Gasteiger partial charge in [0.25, 0.3) is 5.91 Å². The lowest BCUT2D eigenvalue weighted by Gasteiger charge is -2.12. The highest BCUT2D eigenvalue weighted by Gasteiger charge is 2.18. The fourth-order valence-corrected chi connectivity index (χ4v) is 4.92. The lowest BCUT2D eigenvalue weighted by Crippen LogP contribution is -2.27. The summed E-state index contributed by atoms with van der Waals surface area (Å²) >= 11 is 3.16. The van der Waals surface area contributed by atoms with E-state index >= 15 is 0 Å². The monoisotopic (exact) mass is 480 g/mol. The molecular weight excluding hydrogens is 456 g/mol. The first-order chi connectivity index (χ1) is 16.2. The Morgan fingerprint density at radius 3 is 2.61 bits per heavy atom. The van der Waals surface area contributed by atoms with E-state index in [-0.39, 0.29) is 5.91 Å². The van der Waals surface area contributed by atoms with Crippen molar-refractivity contribution < 1.29 is 14.3 Å². The maximum Gasteiger partial charge on any atom is 0.251 e. The number of carbonyl (C=O) groups excluding carboxylic acids is 1. The molecule has 0 fully saturated rings. The Bertz CT molecular complexity index is 1190. The number of thioether (sulfide) groups is 1. The second-order valence-corrected chi connectivity index (χ2v) is 8.90. The second-order valence-electron chi connectivity index (χ2n) is 7.01. The fourth-order valence-electron chi connectivity index (χ4n) is 3.26. The van der Waals surface area contributed by atoms with Gasteiger partial charge in [0.05, 0.1) is 24.3 Å². The Balaban J connectivity index is 1.61. The van der Waals surface area contributed by atoms with Crippen molar-refractivity contribution in [3.8, 4) is 22.1 Å². The van der Waals surface area contributed by atoms with Crippen LogP contribution in [0.15, 0.2) is 71.2 Å². The number of amides is 1. The average molecular weight is 481 g/mol. The minimum Gasteiger partial charge on any atom is -0.497 e. The zero-order valence-electron chi connectivity index (χ0n) is 18.4. The van der Waals surface area contributed by atoms with Crippen molar-refractivity contribution in [2.45, 2.75) is 10.9 Å². The van der Waals surface area contributed by atoms with Gasteiger partial charge in [-0.25, -0.2) is 0 Å². The van der Waals surface area contributed by atoms with E-state index in [0.29, 0.717) is 24.5 Å². The van der Waals surface area contributed by atoms with Crippen molar-refractivity contribution in [2.75, 3.05) is 27.4 Å². The smallest absolute Gasteiger partial charge is 0.251 e. The fraction of sp³-hybridized carbons (Fsp3) is 0.208. The van der Waals surface area contributed by atoms with Gasteiger partial charge in [-0.15, -0.1) is 21.5 Å². The summed E-state index contributed by atoms with van der Waals surface area (Å²) in [6.07, 6.45) is 0. The summed E-state index contributed by atoms with van der Waals surface area (Å²) in [6, 6.07) is 19.4. The third-order valence-corrected chi connectivity index (χ3v) is 6.76. The van der Waals surface area contributed by atoms with Crippen LogP contribution >= 0.6 is 23.1 Å². The highest BCUT2D eigenvalue weighted by atomic mass is 32.2. The SMILES string of the molecule is COCCNC(=O)c1ccccc1CSc1nnc(-c2cccs2)n1-c1ccc(OC)cc1. The summed E-state index contributed by atoms with van der Waals surface area (Å²) in [6.45, 7) is 0.936. The van der Waals surface area contributed by atoms with Crippen LogP contribution in [0, 0.1) is 0 Å². The molecule has 4 aromatic rings. The van der Waals surface area contributed by atoms with Gasteiger partial charge >= 0.3 is 0 Å². The molecule has 2 heterocycles. The second kappa shape index (κ2) is 11.1. The molecule has 33 heavy (non-hydrogen) atoms. The van der Waals surface area contributed by atoms with Gasteiger partial charge in [0.15, 0.2) is 11.0 Å². The van der Waals surface area contributed by atoms with Crippen molar-refractivity contribution in [1.82, 2.24) is 20.1 Å². The molecular formula is C24H24N4O3S2.